The highest BCUT2D eigenvalue weighted by Gasteiger charge is 2.66. The van der Waals surface area contributed by atoms with Crippen molar-refractivity contribution in [1.29, 1.82) is 0 Å². The van der Waals surface area contributed by atoms with E-state index in [1.807, 2.05) is 43.3 Å². The Morgan fingerprint density at radius 1 is 1.16 bits per heavy atom. The second-order valence-electron chi connectivity index (χ2n) is 8.34. The molecule has 2 bridgehead atoms. The summed E-state index contributed by atoms with van der Waals surface area (Å²) in [5.74, 6) is 0.133. The molecule has 0 aliphatic carbocycles. The average Bonchev–Trinajstić information content (AvgIpc) is 3.38. The van der Waals surface area contributed by atoms with Crippen LogP contribution >= 0.6 is 0 Å². The minimum Gasteiger partial charge on any atom is -0.494 e. The minimum absolute atomic E-state index is 0.293. The molecule has 0 unspecified atom stereocenters. The van der Waals surface area contributed by atoms with Crippen LogP contribution in [0.15, 0.2) is 66.7 Å². The first-order valence-electron chi connectivity index (χ1n) is 10.8. The molecule has 1 spiro atoms. The van der Waals surface area contributed by atoms with E-state index in [2.05, 4.69) is 4.72 Å². The van der Waals surface area contributed by atoms with E-state index < -0.39 is 39.0 Å². The van der Waals surface area contributed by atoms with Gasteiger partial charge in [-0.1, -0.05) is 36.4 Å². The fourth-order valence-corrected chi connectivity index (χ4v) is 6.90. The van der Waals surface area contributed by atoms with Crippen LogP contribution in [0.2, 0.25) is 0 Å². The Balaban J connectivity index is 1.47. The number of carbonyl (C=O) groups is 1. The zero-order valence-corrected chi connectivity index (χ0v) is 18.5. The van der Waals surface area contributed by atoms with E-state index in [0.717, 1.165) is 5.56 Å². The second-order valence-corrected chi connectivity index (χ2v) is 10.2. The van der Waals surface area contributed by atoms with Gasteiger partial charge >= 0.3 is 5.97 Å². The summed E-state index contributed by atoms with van der Waals surface area (Å²) in [4.78, 5) is 13.1. The summed E-state index contributed by atoms with van der Waals surface area (Å²) < 4.78 is 46.5. The lowest BCUT2D eigenvalue weighted by atomic mass is 9.83. The largest absolute Gasteiger partial charge is 0.494 e. The molecule has 2 aromatic carbocycles. The predicted octanol–water partition coefficient (Wildman–Crippen LogP) is 2.62. The lowest BCUT2D eigenvalue weighted by Gasteiger charge is -2.45. The van der Waals surface area contributed by atoms with Gasteiger partial charge in [0, 0.05) is 0 Å². The van der Waals surface area contributed by atoms with Crippen LogP contribution in [-0.2, 0) is 25.9 Å². The maximum Gasteiger partial charge on any atom is 0.338 e. The first kappa shape index (κ1) is 21.2. The number of rotatable bonds is 6. The summed E-state index contributed by atoms with van der Waals surface area (Å²) in [6.07, 6.45) is 3.27. The van der Waals surface area contributed by atoms with Crippen molar-refractivity contribution >= 4 is 16.0 Å². The molecule has 168 valence electrons. The Bertz CT molecular complexity index is 1130. The van der Waals surface area contributed by atoms with E-state index in [4.69, 9.17) is 14.2 Å². The van der Waals surface area contributed by atoms with Gasteiger partial charge in [-0.2, -0.15) is 0 Å². The van der Waals surface area contributed by atoms with E-state index in [0.29, 0.717) is 30.8 Å². The molecule has 3 heterocycles. The summed E-state index contributed by atoms with van der Waals surface area (Å²) in [6, 6.07) is 15.6. The normalized spacial score (nSPS) is 31.8. The Kier molecular flexibility index (Phi) is 5.31. The monoisotopic (exact) mass is 455 g/mol. The zero-order chi connectivity index (χ0) is 22.3. The van der Waals surface area contributed by atoms with Gasteiger partial charge in [-0.05, 0) is 55.7 Å². The molecule has 7 nitrogen and oxygen atoms in total. The number of sulfonamides is 1. The molecule has 3 aliphatic rings. The molecular weight excluding hydrogens is 430 g/mol. The van der Waals surface area contributed by atoms with Crippen molar-refractivity contribution < 1.29 is 27.4 Å². The van der Waals surface area contributed by atoms with Crippen LogP contribution in [0.4, 0.5) is 0 Å². The van der Waals surface area contributed by atoms with Gasteiger partial charge in [-0.3, -0.25) is 0 Å². The Morgan fingerprint density at radius 3 is 2.59 bits per heavy atom. The van der Waals surface area contributed by atoms with Crippen molar-refractivity contribution in [2.24, 2.45) is 0 Å². The molecule has 0 saturated carbocycles. The molecule has 2 fully saturated rings. The third kappa shape index (κ3) is 3.62. The molecule has 3 aliphatic heterocycles. The lowest BCUT2D eigenvalue weighted by Crippen LogP contribution is -2.68. The Morgan fingerprint density at radius 2 is 1.91 bits per heavy atom. The smallest absolute Gasteiger partial charge is 0.338 e. The fourth-order valence-electron chi connectivity index (χ4n) is 4.92. The zero-order valence-electron chi connectivity index (χ0n) is 17.6. The molecule has 0 amide bonds. The molecule has 32 heavy (non-hydrogen) atoms. The predicted molar refractivity (Wildman–Crippen MR) is 118 cm³/mol. The second kappa shape index (κ2) is 8.03. The van der Waals surface area contributed by atoms with Crippen molar-refractivity contribution in [3.63, 3.8) is 0 Å². The molecular formula is C24H25NO6S. The van der Waals surface area contributed by atoms with Crippen molar-refractivity contribution in [3.8, 4) is 5.75 Å². The van der Waals surface area contributed by atoms with Crippen molar-refractivity contribution in [2.75, 3.05) is 6.61 Å². The van der Waals surface area contributed by atoms with Crippen LogP contribution in [0, 0.1) is 0 Å². The molecule has 8 heteroatoms. The quantitative estimate of drug-likeness (QED) is 0.532. The van der Waals surface area contributed by atoms with Gasteiger partial charge in [0.05, 0.1) is 24.3 Å². The summed E-state index contributed by atoms with van der Waals surface area (Å²) in [5, 5.41) is -0.796. The topological polar surface area (TPSA) is 90.9 Å². The summed E-state index contributed by atoms with van der Waals surface area (Å²) in [5.41, 5.74) is 0.119. The fraction of sp³-hybridized carbons (Fsp3) is 0.375. The van der Waals surface area contributed by atoms with E-state index in [1.54, 1.807) is 30.3 Å². The number of hydrogen-bond acceptors (Lipinski definition) is 6. The number of hydrogen-bond donors (Lipinski definition) is 1. The van der Waals surface area contributed by atoms with Gasteiger partial charge in [0.1, 0.15) is 16.6 Å². The molecule has 2 aromatic rings. The Hall–Kier alpha value is -2.68. The number of benzene rings is 2. The van der Waals surface area contributed by atoms with Crippen LogP contribution in [0.5, 0.6) is 5.75 Å². The van der Waals surface area contributed by atoms with Crippen molar-refractivity contribution in [3.05, 3.63) is 77.9 Å². The third-order valence-corrected chi connectivity index (χ3v) is 8.25. The molecule has 1 N–H and O–H groups in total. The van der Waals surface area contributed by atoms with Gasteiger partial charge in [0.15, 0.2) is 6.10 Å². The highest BCUT2D eigenvalue weighted by Crippen LogP contribution is 2.48. The maximum absolute atomic E-state index is 13.1. The van der Waals surface area contributed by atoms with E-state index in [-0.39, 0.29) is 6.10 Å². The number of fused-ring (bicyclic) bond motifs is 1. The third-order valence-electron chi connectivity index (χ3n) is 6.31. The van der Waals surface area contributed by atoms with Crippen molar-refractivity contribution in [2.45, 2.75) is 48.9 Å². The van der Waals surface area contributed by atoms with Gasteiger partial charge in [0.2, 0.25) is 10.0 Å². The van der Waals surface area contributed by atoms with E-state index in [9.17, 15) is 13.2 Å². The summed E-state index contributed by atoms with van der Waals surface area (Å²) in [7, 11) is -3.65. The van der Waals surface area contributed by atoms with E-state index >= 15 is 0 Å². The number of ether oxygens (including phenoxy) is 3. The van der Waals surface area contributed by atoms with Gasteiger partial charge in [-0.15, -0.1) is 0 Å². The lowest BCUT2D eigenvalue weighted by molar-refractivity contribution is -0.0867. The summed E-state index contributed by atoms with van der Waals surface area (Å²) in [6.45, 7) is 2.42. The Labute approximate surface area is 187 Å². The van der Waals surface area contributed by atoms with Crippen LogP contribution in [0.3, 0.4) is 0 Å². The number of carbonyl (C=O) groups excluding carboxylic acids is 1. The summed E-state index contributed by atoms with van der Waals surface area (Å²) >= 11 is 0. The van der Waals surface area contributed by atoms with Crippen LogP contribution < -0.4 is 9.46 Å². The van der Waals surface area contributed by atoms with Crippen LogP contribution in [0.1, 0.15) is 29.3 Å². The molecule has 5 atom stereocenters. The van der Waals surface area contributed by atoms with Crippen molar-refractivity contribution in [1.82, 2.24) is 4.72 Å². The van der Waals surface area contributed by atoms with Gasteiger partial charge in [-0.25, -0.2) is 17.9 Å². The highest BCUT2D eigenvalue weighted by molar-refractivity contribution is 7.90. The molecule has 2 saturated heterocycles. The van der Waals surface area contributed by atoms with Gasteiger partial charge < -0.3 is 14.2 Å². The van der Waals surface area contributed by atoms with E-state index in [1.165, 1.54) is 0 Å². The highest BCUT2D eigenvalue weighted by atomic mass is 32.2. The van der Waals surface area contributed by atoms with Gasteiger partial charge in [0.25, 0.3) is 0 Å². The molecule has 5 rings (SSSR count). The molecule has 0 aromatic heterocycles. The van der Waals surface area contributed by atoms with Crippen LogP contribution in [-0.4, -0.2) is 50.1 Å². The molecule has 0 radical (unpaired) electrons. The average molecular weight is 456 g/mol. The number of nitrogens with one attached hydrogen (secondary N) is 1. The maximum atomic E-state index is 13.1. The standard InChI is InChI=1S/C24H25NO6S/c1-2-29-18-10-8-17(9-11-18)23(26)30-22-20(14-16-6-4-3-5-7-16)25-32(27,28)21-15-19-12-13-24(21,22)31-19/h3-13,19-22,25H,2,14-15H2,1H3/t19-,20+,21+,22+,24-/m1/s1. The SMILES string of the molecule is CCOc1ccc(C(=O)O[C@H]2[C@H](Cc3ccccc3)NS(=O)(=O)[C@H]3C[C@H]4C=C[C@]23O4)cc1. The first-order chi connectivity index (χ1) is 15.4. The minimum atomic E-state index is -3.65. The number of esters is 1. The first-order valence-corrected chi connectivity index (χ1v) is 12.3. The van der Waals surface area contributed by atoms with Crippen LogP contribution in [0.25, 0.3) is 0 Å².